The molecule has 1 unspecified atom stereocenters. The number of hydrogen-bond donors (Lipinski definition) is 1. The monoisotopic (exact) mass is 275 g/mol. The second-order valence-corrected chi connectivity index (χ2v) is 4.09. The Labute approximate surface area is 106 Å². The van der Waals surface area contributed by atoms with Crippen LogP contribution in [0.15, 0.2) is 41.0 Å². The molecule has 0 aliphatic rings. The molecule has 6 heteroatoms. The first-order valence-corrected chi connectivity index (χ1v) is 5.43. The van der Waals surface area contributed by atoms with E-state index < -0.39 is 17.8 Å². The van der Waals surface area contributed by atoms with Gasteiger partial charge < -0.3 is 10.2 Å². The predicted molar refractivity (Wildman–Crippen MR) is 61.2 cm³/mol. The van der Waals surface area contributed by atoms with Crippen LogP contribution >= 0.6 is 11.6 Å². The van der Waals surface area contributed by atoms with Crippen molar-refractivity contribution in [1.29, 1.82) is 0 Å². The van der Waals surface area contributed by atoms with Crippen molar-refractivity contribution in [3.05, 3.63) is 58.5 Å². The minimum Gasteiger partial charge on any atom is -0.453 e. The fourth-order valence-electron chi connectivity index (χ4n) is 1.59. The van der Waals surface area contributed by atoms with E-state index in [1.54, 1.807) is 6.07 Å². The summed E-state index contributed by atoms with van der Waals surface area (Å²) in [6.07, 6.45) is -2.97. The molecular formula is C12H9ClF3NO. The predicted octanol–water partition coefficient (Wildman–Crippen LogP) is 4.00. The molecule has 0 aliphatic heterocycles. The summed E-state index contributed by atoms with van der Waals surface area (Å²) in [5.41, 5.74) is 6.26. The summed E-state index contributed by atoms with van der Waals surface area (Å²) >= 11 is 5.76. The van der Waals surface area contributed by atoms with E-state index in [0.29, 0.717) is 11.1 Å². The zero-order valence-electron chi connectivity index (χ0n) is 9.04. The van der Waals surface area contributed by atoms with Gasteiger partial charge in [-0.25, -0.2) is 0 Å². The molecule has 2 rings (SSSR count). The molecular weight excluding hydrogens is 267 g/mol. The maximum atomic E-state index is 12.4. The van der Waals surface area contributed by atoms with Crippen LogP contribution in [0.1, 0.15) is 22.7 Å². The fourth-order valence-corrected chi connectivity index (χ4v) is 1.82. The minimum absolute atomic E-state index is 0.141. The number of nitrogens with two attached hydrogens (primary N) is 1. The number of benzene rings is 1. The standard InChI is InChI=1S/C12H9ClF3NO/c13-11-9(5-6-18-11)10(17)7-1-3-8(4-2-7)12(14,15)16/h1-6,10H,17H2. The largest absolute Gasteiger partial charge is 0.453 e. The molecule has 1 heterocycles. The molecule has 1 aromatic carbocycles. The lowest BCUT2D eigenvalue weighted by Crippen LogP contribution is -2.12. The van der Waals surface area contributed by atoms with E-state index in [1.807, 2.05) is 0 Å². The first kappa shape index (κ1) is 13.0. The van der Waals surface area contributed by atoms with Crippen LogP contribution in [0.5, 0.6) is 0 Å². The smallest absolute Gasteiger partial charge is 0.416 e. The van der Waals surface area contributed by atoms with E-state index in [1.165, 1.54) is 18.4 Å². The van der Waals surface area contributed by atoms with Crippen LogP contribution in [0.2, 0.25) is 5.22 Å². The third-order valence-electron chi connectivity index (χ3n) is 2.58. The molecule has 1 aromatic heterocycles. The summed E-state index contributed by atoms with van der Waals surface area (Å²) < 4.78 is 42.1. The van der Waals surface area contributed by atoms with Gasteiger partial charge in [0.1, 0.15) is 0 Å². The van der Waals surface area contributed by atoms with Crippen molar-refractivity contribution >= 4 is 11.6 Å². The van der Waals surface area contributed by atoms with Gasteiger partial charge in [-0.05, 0) is 35.4 Å². The lowest BCUT2D eigenvalue weighted by atomic mass is 10.0. The van der Waals surface area contributed by atoms with Crippen LogP contribution in [0.4, 0.5) is 13.2 Å². The summed E-state index contributed by atoms with van der Waals surface area (Å²) in [5, 5.41) is 0.141. The van der Waals surface area contributed by atoms with Gasteiger partial charge in [0.05, 0.1) is 17.9 Å². The molecule has 0 aliphatic carbocycles. The summed E-state index contributed by atoms with van der Waals surface area (Å²) in [4.78, 5) is 0. The molecule has 0 radical (unpaired) electrons. The Kier molecular flexibility index (Phi) is 3.36. The zero-order chi connectivity index (χ0) is 13.3. The summed E-state index contributed by atoms with van der Waals surface area (Å²) in [6, 6.07) is 5.61. The average molecular weight is 276 g/mol. The lowest BCUT2D eigenvalue weighted by Gasteiger charge is -2.12. The highest BCUT2D eigenvalue weighted by atomic mass is 35.5. The van der Waals surface area contributed by atoms with Gasteiger partial charge in [-0.3, -0.25) is 0 Å². The van der Waals surface area contributed by atoms with Crippen LogP contribution in [0.25, 0.3) is 0 Å². The Hall–Kier alpha value is -1.46. The molecule has 0 bridgehead atoms. The number of alkyl halides is 3. The van der Waals surface area contributed by atoms with Crippen molar-refractivity contribution in [3.63, 3.8) is 0 Å². The highest BCUT2D eigenvalue weighted by molar-refractivity contribution is 6.29. The van der Waals surface area contributed by atoms with E-state index in [2.05, 4.69) is 0 Å². The number of furan rings is 1. The molecule has 2 aromatic rings. The Morgan fingerprint density at radius 1 is 1.11 bits per heavy atom. The zero-order valence-corrected chi connectivity index (χ0v) is 9.79. The Balaban J connectivity index is 2.28. The third-order valence-corrected chi connectivity index (χ3v) is 2.89. The maximum absolute atomic E-state index is 12.4. The van der Waals surface area contributed by atoms with Gasteiger partial charge in [0, 0.05) is 5.56 Å². The first-order valence-electron chi connectivity index (χ1n) is 5.05. The first-order chi connectivity index (χ1) is 8.39. The molecule has 96 valence electrons. The maximum Gasteiger partial charge on any atom is 0.416 e. The van der Waals surface area contributed by atoms with Gasteiger partial charge >= 0.3 is 6.18 Å². The summed E-state index contributed by atoms with van der Waals surface area (Å²) in [6.45, 7) is 0. The minimum atomic E-state index is -4.35. The highest BCUT2D eigenvalue weighted by Gasteiger charge is 2.30. The van der Waals surface area contributed by atoms with Crippen molar-refractivity contribution in [2.24, 2.45) is 5.73 Å². The molecule has 0 amide bonds. The van der Waals surface area contributed by atoms with E-state index in [9.17, 15) is 13.2 Å². The van der Waals surface area contributed by atoms with Crippen molar-refractivity contribution in [3.8, 4) is 0 Å². The van der Waals surface area contributed by atoms with E-state index in [4.69, 9.17) is 21.8 Å². The van der Waals surface area contributed by atoms with Gasteiger partial charge in [0.2, 0.25) is 0 Å². The van der Waals surface area contributed by atoms with Crippen molar-refractivity contribution in [2.75, 3.05) is 0 Å². The molecule has 18 heavy (non-hydrogen) atoms. The van der Waals surface area contributed by atoms with Crippen molar-refractivity contribution in [2.45, 2.75) is 12.2 Å². The number of rotatable bonds is 2. The second kappa shape index (κ2) is 4.66. The van der Waals surface area contributed by atoms with Crippen LogP contribution in [-0.4, -0.2) is 0 Å². The van der Waals surface area contributed by atoms with Crippen molar-refractivity contribution < 1.29 is 17.6 Å². The van der Waals surface area contributed by atoms with Crippen LogP contribution < -0.4 is 5.73 Å². The fraction of sp³-hybridized carbons (Fsp3) is 0.167. The van der Waals surface area contributed by atoms with Gasteiger partial charge in [0.15, 0.2) is 5.22 Å². The number of hydrogen-bond acceptors (Lipinski definition) is 2. The highest BCUT2D eigenvalue weighted by Crippen LogP contribution is 2.32. The second-order valence-electron chi connectivity index (χ2n) is 3.75. The SMILES string of the molecule is NC(c1ccc(C(F)(F)F)cc1)c1ccoc1Cl. The average Bonchev–Trinajstić information content (AvgIpc) is 2.73. The van der Waals surface area contributed by atoms with Crippen LogP contribution in [-0.2, 0) is 6.18 Å². The number of halogens is 4. The van der Waals surface area contributed by atoms with Gasteiger partial charge in [-0.15, -0.1) is 0 Å². The van der Waals surface area contributed by atoms with Gasteiger partial charge in [-0.1, -0.05) is 12.1 Å². The third kappa shape index (κ3) is 2.52. The molecule has 0 saturated carbocycles. The van der Waals surface area contributed by atoms with E-state index >= 15 is 0 Å². The molecule has 0 fully saturated rings. The lowest BCUT2D eigenvalue weighted by molar-refractivity contribution is -0.137. The Bertz CT molecular complexity index is 533. The molecule has 2 N–H and O–H groups in total. The van der Waals surface area contributed by atoms with Crippen molar-refractivity contribution in [1.82, 2.24) is 0 Å². The van der Waals surface area contributed by atoms with E-state index in [0.717, 1.165) is 12.1 Å². The Morgan fingerprint density at radius 3 is 2.17 bits per heavy atom. The van der Waals surface area contributed by atoms with Crippen LogP contribution in [0.3, 0.4) is 0 Å². The topological polar surface area (TPSA) is 39.2 Å². The molecule has 0 spiro atoms. The van der Waals surface area contributed by atoms with E-state index in [-0.39, 0.29) is 5.22 Å². The molecule has 2 nitrogen and oxygen atoms in total. The summed E-state index contributed by atoms with van der Waals surface area (Å²) in [7, 11) is 0. The normalized spacial score (nSPS) is 13.6. The molecule has 1 atom stereocenters. The Morgan fingerprint density at radius 2 is 1.72 bits per heavy atom. The quantitative estimate of drug-likeness (QED) is 0.900. The van der Waals surface area contributed by atoms with Gasteiger partial charge in [-0.2, -0.15) is 13.2 Å². The van der Waals surface area contributed by atoms with Crippen LogP contribution in [0, 0.1) is 0 Å². The van der Waals surface area contributed by atoms with Gasteiger partial charge in [0.25, 0.3) is 0 Å². The molecule has 0 saturated heterocycles. The summed E-state index contributed by atoms with van der Waals surface area (Å²) in [5.74, 6) is 0.